The maximum Gasteiger partial charge on any atom is 0.442 e. The van der Waals surface area contributed by atoms with E-state index in [1.807, 2.05) is 6.92 Å². The molecule has 0 spiro atoms. The summed E-state index contributed by atoms with van der Waals surface area (Å²) in [6.07, 6.45) is -3.11. The Bertz CT molecular complexity index is 720. The molecule has 1 aliphatic rings. The van der Waals surface area contributed by atoms with E-state index in [1.54, 1.807) is 0 Å². The summed E-state index contributed by atoms with van der Waals surface area (Å²) >= 11 is 0. The number of rotatable bonds is 5. The van der Waals surface area contributed by atoms with Gasteiger partial charge in [-0.15, -0.1) is 0 Å². The second kappa shape index (κ2) is 6.71. The number of aliphatic hydroxyl groups is 1. The third-order valence-electron chi connectivity index (χ3n) is 3.70. The van der Waals surface area contributed by atoms with Gasteiger partial charge in [-0.1, -0.05) is 19.4 Å². The third-order valence-corrected chi connectivity index (χ3v) is 3.70. The molecule has 10 heteroatoms. The fourth-order valence-corrected chi connectivity index (χ4v) is 2.36. The third kappa shape index (κ3) is 3.58. The summed E-state index contributed by atoms with van der Waals surface area (Å²) in [6, 6.07) is 4.28. The number of non-ortho nitro benzene ring substituents is 1. The highest BCUT2D eigenvalue weighted by Gasteiger charge is 2.61. The molecule has 1 aliphatic heterocycles. The Kier molecular flexibility index (Phi) is 5.02. The van der Waals surface area contributed by atoms with Gasteiger partial charge >= 0.3 is 6.18 Å². The van der Waals surface area contributed by atoms with Crippen LogP contribution < -0.4 is 5.43 Å². The highest BCUT2D eigenvalue weighted by Crippen LogP contribution is 2.39. The molecule has 0 bridgehead atoms. The van der Waals surface area contributed by atoms with Crippen LogP contribution in [-0.4, -0.2) is 32.8 Å². The molecule has 0 unspecified atom stereocenters. The van der Waals surface area contributed by atoms with Crippen LogP contribution in [0, 0.1) is 10.1 Å². The zero-order valence-corrected chi connectivity index (χ0v) is 13.2. The van der Waals surface area contributed by atoms with Crippen molar-refractivity contribution >= 4 is 11.6 Å². The summed E-state index contributed by atoms with van der Waals surface area (Å²) in [6.45, 7) is 1.84. The van der Waals surface area contributed by atoms with Crippen LogP contribution in [0.15, 0.2) is 36.0 Å². The van der Waals surface area contributed by atoms with E-state index < -0.39 is 28.4 Å². The number of amides is 1. The van der Waals surface area contributed by atoms with Crippen LogP contribution >= 0.6 is 0 Å². The van der Waals surface area contributed by atoms with Gasteiger partial charge < -0.3 is 5.11 Å². The number of carbonyl (C=O) groups is 1. The number of unbranched alkanes of at least 4 members (excludes halogenated alkanes) is 1. The van der Waals surface area contributed by atoms with E-state index in [0.717, 1.165) is 18.2 Å². The van der Waals surface area contributed by atoms with Gasteiger partial charge in [0.15, 0.2) is 0 Å². The van der Waals surface area contributed by atoms with Gasteiger partial charge in [0.05, 0.1) is 4.92 Å². The standard InChI is InChI=1S/C15H16F3N3O4/c1-2-3-6-11-9-14(23,15(16,17)18)20(19-11)13(22)10-5-4-7-12(8-10)21(24)25/h4-5,7-9,19,23H,2-3,6H2,1H3/t14-/m1/s1. The average Bonchev–Trinajstić information content (AvgIpc) is 2.90. The number of carbonyl (C=O) groups excluding carboxylic acids is 1. The molecule has 0 saturated carbocycles. The molecule has 2 rings (SSSR count). The normalized spacial score (nSPS) is 20.2. The van der Waals surface area contributed by atoms with Crippen molar-refractivity contribution in [3.8, 4) is 0 Å². The number of hydrogen-bond acceptors (Lipinski definition) is 5. The van der Waals surface area contributed by atoms with Crippen molar-refractivity contribution < 1.29 is 28.0 Å². The number of allylic oxidation sites excluding steroid dienone is 1. The number of nitro benzene ring substituents is 1. The molecule has 0 fully saturated rings. The highest BCUT2D eigenvalue weighted by molar-refractivity contribution is 5.95. The first-order valence-electron chi connectivity index (χ1n) is 7.46. The van der Waals surface area contributed by atoms with Gasteiger partial charge in [-0.05, 0) is 25.0 Å². The van der Waals surface area contributed by atoms with Crippen molar-refractivity contribution in [2.75, 3.05) is 0 Å². The Balaban J connectivity index is 2.37. The van der Waals surface area contributed by atoms with E-state index >= 15 is 0 Å². The second-order valence-corrected chi connectivity index (χ2v) is 5.56. The van der Waals surface area contributed by atoms with Crippen LogP contribution in [0.3, 0.4) is 0 Å². The number of alkyl halides is 3. The van der Waals surface area contributed by atoms with Gasteiger partial charge in [-0.2, -0.15) is 13.2 Å². The van der Waals surface area contributed by atoms with Crippen LogP contribution in [0.5, 0.6) is 0 Å². The molecule has 7 nitrogen and oxygen atoms in total. The molecule has 1 heterocycles. The lowest BCUT2D eigenvalue weighted by atomic mass is 10.1. The zero-order chi connectivity index (χ0) is 18.8. The van der Waals surface area contributed by atoms with Crippen molar-refractivity contribution in [3.05, 3.63) is 51.7 Å². The molecule has 0 saturated heterocycles. The van der Waals surface area contributed by atoms with Gasteiger partial charge in [0.25, 0.3) is 17.3 Å². The van der Waals surface area contributed by atoms with Crippen LogP contribution in [0.25, 0.3) is 0 Å². The summed E-state index contributed by atoms with van der Waals surface area (Å²) in [5, 5.41) is 20.9. The van der Waals surface area contributed by atoms with Crippen molar-refractivity contribution in [3.63, 3.8) is 0 Å². The summed E-state index contributed by atoms with van der Waals surface area (Å²) in [5.41, 5.74) is -2.00. The molecule has 136 valence electrons. The van der Waals surface area contributed by atoms with Crippen LogP contribution in [0.4, 0.5) is 18.9 Å². The molecule has 0 aromatic heterocycles. The molecular weight excluding hydrogens is 343 g/mol. The predicted octanol–water partition coefficient (Wildman–Crippen LogP) is 2.88. The van der Waals surface area contributed by atoms with Crippen molar-refractivity contribution in [1.82, 2.24) is 10.4 Å². The molecule has 0 radical (unpaired) electrons. The number of nitrogens with one attached hydrogen (secondary N) is 1. The number of nitro groups is 1. The Morgan fingerprint density at radius 2 is 2.12 bits per heavy atom. The SMILES string of the molecule is CCCCC1=C[C@@](O)(C(F)(F)F)N(C(=O)c2cccc([N+](=O)[O-])c2)N1. The quantitative estimate of drug-likeness (QED) is 0.623. The van der Waals surface area contributed by atoms with Gasteiger partial charge in [0.2, 0.25) is 0 Å². The van der Waals surface area contributed by atoms with E-state index in [4.69, 9.17) is 0 Å². The minimum Gasteiger partial charge on any atom is -0.359 e. The molecule has 1 aromatic rings. The lowest BCUT2D eigenvalue weighted by molar-refractivity contribution is -0.384. The van der Waals surface area contributed by atoms with Gasteiger partial charge in [0, 0.05) is 23.4 Å². The maximum absolute atomic E-state index is 13.3. The maximum atomic E-state index is 13.3. The van der Waals surface area contributed by atoms with Crippen molar-refractivity contribution in [2.45, 2.75) is 38.1 Å². The topological polar surface area (TPSA) is 95.7 Å². The van der Waals surface area contributed by atoms with E-state index in [2.05, 4.69) is 5.43 Å². The number of hydrazine groups is 1. The molecule has 1 amide bonds. The van der Waals surface area contributed by atoms with Gasteiger partial charge in [-0.25, -0.2) is 5.01 Å². The number of halogens is 3. The van der Waals surface area contributed by atoms with E-state index in [9.17, 15) is 33.2 Å². The van der Waals surface area contributed by atoms with Gasteiger partial charge in [0.1, 0.15) is 0 Å². The lowest BCUT2D eigenvalue weighted by Crippen LogP contribution is -2.60. The number of benzene rings is 1. The van der Waals surface area contributed by atoms with Crippen molar-refractivity contribution in [2.24, 2.45) is 0 Å². The molecule has 1 atom stereocenters. The van der Waals surface area contributed by atoms with Crippen LogP contribution in [0.2, 0.25) is 0 Å². The molecule has 25 heavy (non-hydrogen) atoms. The van der Waals surface area contributed by atoms with E-state index in [1.165, 1.54) is 6.07 Å². The summed E-state index contributed by atoms with van der Waals surface area (Å²) in [5.74, 6) is -1.23. The molecule has 1 aromatic carbocycles. The number of nitrogens with zero attached hydrogens (tertiary/aromatic N) is 2. The monoisotopic (exact) mass is 359 g/mol. The minimum absolute atomic E-state index is 0.0526. The predicted molar refractivity (Wildman–Crippen MR) is 81.0 cm³/mol. The summed E-state index contributed by atoms with van der Waals surface area (Å²) < 4.78 is 40.0. The summed E-state index contributed by atoms with van der Waals surface area (Å²) in [7, 11) is 0. The highest BCUT2D eigenvalue weighted by atomic mass is 19.4. The fourth-order valence-electron chi connectivity index (χ4n) is 2.36. The largest absolute Gasteiger partial charge is 0.442 e. The Morgan fingerprint density at radius 3 is 2.68 bits per heavy atom. The minimum atomic E-state index is -5.15. The van der Waals surface area contributed by atoms with E-state index in [0.29, 0.717) is 18.9 Å². The molecular formula is C15H16F3N3O4. The molecule has 2 N–H and O–H groups in total. The van der Waals surface area contributed by atoms with E-state index in [-0.39, 0.29) is 22.7 Å². The fraction of sp³-hybridized carbons (Fsp3) is 0.400. The average molecular weight is 359 g/mol. The zero-order valence-electron chi connectivity index (χ0n) is 13.2. The first-order chi connectivity index (χ1) is 11.6. The first-order valence-corrected chi connectivity index (χ1v) is 7.46. The Morgan fingerprint density at radius 1 is 1.44 bits per heavy atom. The second-order valence-electron chi connectivity index (χ2n) is 5.56. The molecule has 0 aliphatic carbocycles. The lowest BCUT2D eigenvalue weighted by Gasteiger charge is -2.33. The van der Waals surface area contributed by atoms with Crippen LogP contribution in [0.1, 0.15) is 36.5 Å². The summed E-state index contributed by atoms with van der Waals surface area (Å²) in [4.78, 5) is 22.5. The van der Waals surface area contributed by atoms with Gasteiger partial charge in [-0.3, -0.25) is 20.3 Å². The Labute approximate surface area is 140 Å². The van der Waals surface area contributed by atoms with Crippen LogP contribution in [-0.2, 0) is 0 Å². The number of hydrogen-bond donors (Lipinski definition) is 2. The Hall–Kier alpha value is -2.62. The first kappa shape index (κ1) is 18.7. The van der Waals surface area contributed by atoms with Crippen molar-refractivity contribution in [1.29, 1.82) is 0 Å². The smallest absolute Gasteiger partial charge is 0.359 e.